The number of fused-ring (bicyclic) bond motifs is 1. The second kappa shape index (κ2) is 9.19. The fourth-order valence-corrected chi connectivity index (χ4v) is 6.48. The number of hydrogen-bond acceptors (Lipinski definition) is 6. The van der Waals surface area contributed by atoms with Gasteiger partial charge in [-0.3, -0.25) is 4.79 Å². The number of hydrogen-bond donors (Lipinski definition) is 1. The lowest BCUT2D eigenvalue weighted by molar-refractivity contribution is -0.133. The van der Waals surface area contributed by atoms with E-state index in [-0.39, 0.29) is 11.9 Å². The van der Waals surface area contributed by atoms with Crippen molar-refractivity contribution in [1.82, 2.24) is 24.4 Å². The molecule has 4 heterocycles. The lowest BCUT2D eigenvalue weighted by Crippen LogP contribution is -2.48. The molecule has 0 aromatic carbocycles. The molecule has 2 aromatic rings. The Hall–Kier alpha value is -2.64. The van der Waals surface area contributed by atoms with Crippen molar-refractivity contribution < 1.29 is 4.79 Å². The van der Waals surface area contributed by atoms with Gasteiger partial charge in [0.1, 0.15) is 11.9 Å². The summed E-state index contributed by atoms with van der Waals surface area (Å²) < 4.78 is 2.21. The van der Waals surface area contributed by atoms with Crippen molar-refractivity contribution in [3.8, 4) is 0 Å². The molecule has 2 aromatic heterocycles. The van der Waals surface area contributed by atoms with Gasteiger partial charge in [-0.2, -0.15) is 4.98 Å². The van der Waals surface area contributed by atoms with Crippen molar-refractivity contribution in [2.24, 2.45) is 7.05 Å². The molecule has 0 spiro atoms. The van der Waals surface area contributed by atoms with Crippen molar-refractivity contribution in [3.05, 3.63) is 23.1 Å². The van der Waals surface area contributed by atoms with Crippen LogP contribution in [0.2, 0.25) is 0 Å². The number of nitrogens with zero attached hydrogens (tertiary/aromatic N) is 6. The Morgan fingerprint density at radius 1 is 0.941 bits per heavy atom. The molecule has 4 aliphatic rings. The molecule has 182 valence electrons. The van der Waals surface area contributed by atoms with Gasteiger partial charge in [0, 0.05) is 43.9 Å². The highest BCUT2D eigenvalue weighted by atomic mass is 16.2. The van der Waals surface area contributed by atoms with E-state index in [1.165, 1.54) is 43.4 Å². The minimum Gasteiger partial charge on any atom is -0.341 e. The van der Waals surface area contributed by atoms with Gasteiger partial charge in [-0.05, 0) is 64.2 Å². The Kier molecular flexibility index (Phi) is 5.91. The fourth-order valence-electron chi connectivity index (χ4n) is 6.48. The summed E-state index contributed by atoms with van der Waals surface area (Å²) in [4.78, 5) is 32.3. The summed E-state index contributed by atoms with van der Waals surface area (Å²) in [5.41, 5.74) is 3.67. The molecule has 8 nitrogen and oxygen atoms in total. The smallest absolute Gasteiger partial charge is 0.245 e. The van der Waals surface area contributed by atoms with E-state index in [0.29, 0.717) is 11.9 Å². The van der Waals surface area contributed by atoms with E-state index in [9.17, 15) is 4.79 Å². The van der Waals surface area contributed by atoms with E-state index in [4.69, 9.17) is 15.0 Å². The lowest BCUT2D eigenvalue weighted by Gasteiger charge is -2.32. The minimum absolute atomic E-state index is 0.132. The van der Waals surface area contributed by atoms with Crippen LogP contribution >= 0.6 is 0 Å². The third kappa shape index (κ3) is 3.95. The van der Waals surface area contributed by atoms with Crippen molar-refractivity contribution in [2.75, 3.05) is 29.9 Å². The molecule has 1 saturated carbocycles. The molecule has 3 fully saturated rings. The molecule has 1 atom stereocenters. The molecule has 8 heteroatoms. The van der Waals surface area contributed by atoms with Crippen LogP contribution in [0.15, 0.2) is 6.20 Å². The highest BCUT2D eigenvalue weighted by molar-refractivity contribution is 5.85. The second-order valence-corrected chi connectivity index (χ2v) is 10.6. The number of rotatable bonds is 5. The largest absolute Gasteiger partial charge is 0.341 e. The number of anilines is 3. The highest BCUT2D eigenvalue weighted by Crippen LogP contribution is 2.36. The Balaban J connectivity index is 1.28. The van der Waals surface area contributed by atoms with Crippen LogP contribution in [0, 0.1) is 0 Å². The molecule has 1 N–H and O–H groups in total. The number of nitrogens with one attached hydrogen (secondary N) is 1. The number of carbonyl (C=O) groups is 1. The van der Waals surface area contributed by atoms with E-state index in [2.05, 4.69) is 26.7 Å². The molecule has 6 rings (SSSR count). The number of amides is 1. The van der Waals surface area contributed by atoms with Crippen molar-refractivity contribution >= 4 is 23.6 Å². The quantitative estimate of drug-likeness (QED) is 0.720. The Morgan fingerprint density at radius 2 is 1.76 bits per heavy atom. The SMILES string of the molecule is Cn1c(C2CCCC2)cnc1Nc1nc(N2CCC[C@H]2C(=O)N2CCCCC2)nc2c1CCC2. The van der Waals surface area contributed by atoms with Crippen LogP contribution in [0.25, 0.3) is 0 Å². The van der Waals surface area contributed by atoms with Gasteiger partial charge < -0.3 is 19.7 Å². The predicted octanol–water partition coefficient (Wildman–Crippen LogP) is 4.08. The van der Waals surface area contributed by atoms with Gasteiger partial charge in [0.25, 0.3) is 0 Å². The number of piperidine rings is 1. The maximum Gasteiger partial charge on any atom is 0.245 e. The topological polar surface area (TPSA) is 79.2 Å². The monoisotopic (exact) mass is 463 g/mol. The first-order chi connectivity index (χ1) is 16.7. The zero-order chi connectivity index (χ0) is 23.1. The average Bonchev–Trinajstić information content (AvgIpc) is 3.66. The van der Waals surface area contributed by atoms with Crippen LogP contribution in [0.4, 0.5) is 17.7 Å². The summed E-state index contributed by atoms with van der Waals surface area (Å²) in [7, 11) is 2.11. The van der Waals surface area contributed by atoms with E-state index in [1.807, 2.05) is 6.20 Å². The zero-order valence-corrected chi connectivity index (χ0v) is 20.4. The van der Waals surface area contributed by atoms with Gasteiger partial charge in [-0.1, -0.05) is 12.8 Å². The van der Waals surface area contributed by atoms with Crippen LogP contribution in [-0.4, -0.2) is 56.0 Å². The fraction of sp³-hybridized carbons (Fsp3) is 0.692. The number of aryl methyl sites for hydroxylation is 1. The molecule has 1 amide bonds. The van der Waals surface area contributed by atoms with Gasteiger partial charge in [0.15, 0.2) is 0 Å². The molecule has 0 bridgehead atoms. The Morgan fingerprint density at radius 3 is 2.59 bits per heavy atom. The van der Waals surface area contributed by atoms with Gasteiger partial charge in [-0.25, -0.2) is 9.97 Å². The highest BCUT2D eigenvalue weighted by Gasteiger charge is 2.36. The van der Waals surface area contributed by atoms with Crippen molar-refractivity contribution in [1.29, 1.82) is 0 Å². The molecular weight excluding hydrogens is 426 g/mol. The summed E-state index contributed by atoms with van der Waals surface area (Å²) in [6.07, 6.45) is 15.6. The third-order valence-corrected chi connectivity index (χ3v) is 8.41. The van der Waals surface area contributed by atoms with Gasteiger partial charge in [0.05, 0.1) is 11.9 Å². The molecule has 2 saturated heterocycles. The maximum atomic E-state index is 13.4. The summed E-state index contributed by atoms with van der Waals surface area (Å²) in [5, 5.41) is 3.57. The van der Waals surface area contributed by atoms with E-state index >= 15 is 0 Å². The predicted molar refractivity (Wildman–Crippen MR) is 133 cm³/mol. The van der Waals surface area contributed by atoms with E-state index in [0.717, 1.165) is 82.0 Å². The first-order valence-corrected chi connectivity index (χ1v) is 13.4. The van der Waals surface area contributed by atoms with E-state index < -0.39 is 0 Å². The number of imidazole rings is 1. The maximum absolute atomic E-state index is 13.4. The Labute approximate surface area is 202 Å². The first kappa shape index (κ1) is 21.9. The molecule has 0 radical (unpaired) electrons. The summed E-state index contributed by atoms with van der Waals surface area (Å²) in [6.45, 7) is 2.63. The van der Waals surface area contributed by atoms with Crippen LogP contribution in [0.5, 0.6) is 0 Å². The number of carbonyl (C=O) groups excluding carboxylic acids is 1. The second-order valence-electron chi connectivity index (χ2n) is 10.6. The minimum atomic E-state index is -0.132. The van der Waals surface area contributed by atoms with E-state index in [1.54, 1.807) is 0 Å². The first-order valence-electron chi connectivity index (χ1n) is 13.4. The van der Waals surface area contributed by atoms with Crippen molar-refractivity contribution in [2.45, 2.75) is 89.0 Å². The average molecular weight is 464 g/mol. The van der Waals surface area contributed by atoms with Crippen LogP contribution < -0.4 is 10.2 Å². The van der Waals surface area contributed by atoms with Gasteiger partial charge in [-0.15, -0.1) is 0 Å². The van der Waals surface area contributed by atoms with Crippen molar-refractivity contribution in [3.63, 3.8) is 0 Å². The summed E-state index contributed by atoms with van der Waals surface area (Å²) >= 11 is 0. The third-order valence-electron chi connectivity index (χ3n) is 8.41. The van der Waals surface area contributed by atoms with Crippen LogP contribution in [0.1, 0.15) is 87.1 Å². The molecule has 2 aliphatic carbocycles. The molecule has 0 unspecified atom stereocenters. The summed E-state index contributed by atoms with van der Waals surface area (Å²) in [5.74, 6) is 3.32. The molecule has 34 heavy (non-hydrogen) atoms. The van der Waals surface area contributed by atoms with Gasteiger partial charge >= 0.3 is 0 Å². The summed E-state index contributed by atoms with van der Waals surface area (Å²) in [6, 6.07) is -0.132. The standard InChI is InChI=1S/C26H37N7O/c1-31-22(18-9-3-4-10-18)17-27-25(31)29-23-19-11-7-12-20(19)28-26(30-23)33-16-8-13-21(33)24(34)32-14-5-2-6-15-32/h17-18,21H,2-16H2,1H3,(H,27,28,29,30)/t21-/m0/s1. The van der Waals surface area contributed by atoms with Crippen LogP contribution in [0.3, 0.4) is 0 Å². The molecular formula is C26H37N7O. The van der Waals surface area contributed by atoms with Gasteiger partial charge in [0.2, 0.25) is 17.8 Å². The lowest BCUT2D eigenvalue weighted by atomic mass is 10.1. The zero-order valence-electron chi connectivity index (χ0n) is 20.4. The van der Waals surface area contributed by atoms with Crippen LogP contribution in [-0.2, 0) is 24.7 Å². The number of likely N-dealkylation sites (tertiary alicyclic amines) is 1. The molecule has 2 aliphatic heterocycles. The normalized spacial score (nSPS) is 23.0. The Bertz CT molecular complexity index is 1050. The number of aromatic nitrogens is 4.